The number of imidazole rings is 1. The van der Waals surface area contributed by atoms with E-state index in [1.165, 1.54) is 0 Å². The number of carbonyl (C=O) groups excluding carboxylic acids is 2. The Bertz CT molecular complexity index is 1260. The Balaban J connectivity index is 1.20. The molecule has 3 heterocycles. The lowest BCUT2D eigenvalue weighted by Crippen LogP contribution is -2.50. The number of amides is 2. The van der Waals surface area contributed by atoms with Crippen LogP contribution in [-0.4, -0.2) is 62.7 Å². The number of aromatic nitrogens is 3. The van der Waals surface area contributed by atoms with Crippen LogP contribution in [0.4, 0.5) is 0 Å². The second-order valence-electron chi connectivity index (χ2n) is 7.41. The predicted molar refractivity (Wildman–Crippen MR) is 116 cm³/mol. The quantitative estimate of drug-likeness (QED) is 0.519. The highest BCUT2D eigenvalue weighted by Crippen LogP contribution is 2.17. The summed E-state index contributed by atoms with van der Waals surface area (Å²) in [6, 6.07) is 13.5. The first kappa shape index (κ1) is 18.2. The molecule has 0 aliphatic carbocycles. The molecule has 2 aromatic heterocycles. The van der Waals surface area contributed by atoms with Gasteiger partial charge in [0, 0.05) is 49.5 Å². The third-order valence-electron chi connectivity index (χ3n) is 5.54. The second kappa shape index (κ2) is 7.51. The Kier molecular flexibility index (Phi) is 4.55. The number of H-pyrrole nitrogens is 2. The van der Waals surface area contributed by atoms with E-state index in [0.717, 1.165) is 27.5 Å². The summed E-state index contributed by atoms with van der Waals surface area (Å²) in [5.41, 5.74) is 4.37. The number of benzene rings is 2. The summed E-state index contributed by atoms with van der Waals surface area (Å²) in [6.07, 6.45) is 6.97. The van der Waals surface area contributed by atoms with Crippen molar-refractivity contribution in [2.24, 2.45) is 0 Å². The van der Waals surface area contributed by atoms with Crippen molar-refractivity contribution >= 4 is 39.8 Å². The minimum Gasteiger partial charge on any atom is -0.361 e. The average Bonchev–Trinajstić information content (AvgIpc) is 3.45. The predicted octanol–water partition coefficient (Wildman–Crippen LogP) is 3.04. The van der Waals surface area contributed by atoms with Crippen LogP contribution >= 0.6 is 0 Å². The molecule has 0 spiro atoms. The molecule has 0 unspecified atom stereocenters. The second-order valence-corrected chi connectivity index (χ2v) is 7.41. The smallest absolute Gasteiger partial charge is 0.254 e. The molecular formula is C23H21N5O2. The van der Waals surface area contributed by atoms with Gasteiger partial charge in [-0.1, -0.05) is 6.07 Å². The van der Waals surface area contributed by atoms with Gasteiger partial charge in [-0.25, -0.2) is 4.98 Å². The largest absolute Gasteiger partial charge is 0.361 e. The maximum Gasteiger partial charge on any atom is 0.254 e. The van der Waals surface area contributed by atoms with Crippen LogP contribution in [-0.2, 0) is 4.79 Å². The van der Waals surface area contributed by atoms with Crippen molar-refractivity contribution in [3.63, 3.8) is 0 Å². The minimum atomic E-state index is -0.0323. The van der Waals surface area contributed by atoms with Crippen LogP contribution < -0.4 is 0 Å². The van der Waals surface area contributed by atoms with Gasteiger partial charge in [0.2, 0.25) is 5.91 Å². The lowest BCUT2D eigenvalue weighted by Gasteiger charge is -2.34. The molecule has 5 rings (SSSR count). The molecule has 1 saturated heterocycles. The number of piperazine rings is 1. The first-order valence-corrected chi connectivity index (χ1v) is 9.94. The number of hydrogen-bond donors (Lipinski definition) is 2. The van der Waals surface area contributed by atoms with Crippen molar-refractivity contribution in [2.45, 2.75) is 0 Å². The standard InChI is InChI=1S/C23H21N5O2/c29-22(6-2-16-1-4-19-17(13-16)7-8-24-19)27-9-11-28(12-10-27)23(30)18-3-5-20-21(14-18)26-15-25-20/h1-8,13-15,24H,9-12H2,(H,25,26)/b6-2+. The molecule has 30 heavy (non-hydrogen) atoms. The summed E-state index contributed by atoms with van der Waals surface area (Å²) >= 11 is 0. The van der Waals surface area contributed by atoms with E-state index in [2.05, 4.69) is 15.0 Å². The maximum atomic E-state index is 12.8. The van der Waals surface area contributed by atoms with Gasteiger partial charge in [0.05, 0.1) is 17.4 Å². The van der Waals surface area contributed by atoms with Crippen LogP contribution in [0.15, 0.2) is 61.1 Å². The van der Waals surface area contributed by atoms with Gasteiger partial charge < -0.3 is 19.8 Å². The topological polar surface area (TPSA) is 85.1 Å². The molecular weight excluding hydrogens is 378 g/mol. The van der Waals surface area contributed by atoms with Gasteiger partial charge in [-0.2, -0.15) is 0 Å². The van der Waals surface area contributed by atoms with Gasteiger partial charge >= 0.3 is 0 Å². The highest BCUT2D eigenvalue weighted by Gasteiger charge is 2.24. The molecule has 2 amide bonds. The van der Waals surface area contributed by atoms with Crippen molar-refractivity contribution in [3.8, 4) is 0 Å². The van der Waals surface area contributed by atoms with E-state index >= 15 is 0 Å². The maximum absolute atomic E-state index is 12.8. The fraction of sp³-hybridized carbons (Fsp3) is 0.174. The van der Waals surface area contributed by atoms with E-state index in [-0.39, 0.29) is 11.8 Å². The van der Waals surface area contributed by atoms with E-state index in [9.17, 15) is 9.59 Å². The minimum absolute atomic E-state index is 0.0195. The van der Waals surface area contributed by atoms with Crippen molar-refractivity contribution in [3.05, 3.63) is 72.2 Å². The number of carbonyl (C=O) groups is 2. The number of nitrogens with one attached hydrogen (secondary N) is 2. The number of fused-ring (bicyclic) bond motifs is 2. The molecule has 1 aliphatic heterocycles. The van der Waals surface area contributed by atoms with Gasteiger partial charge in [-0.05, 0) is 53.4 Å². The van der Waals surface area contributed by atoms with E-state index in [1.807, 2.05) is 48.7 Å². The molecule has 0 bridgehead atoms. The first-order chi connectivity index (χ1) is 14.7. The van der Waals surface area contributed by atoms with Crippen LogP contribution in [0.3, 0.4) is 0 Å². The molecule has 4 aromatic rings. The molecule has 7 nitrogen and oxygen atoms in total. The van der Waals surface area contributed by atoms with E-state index in [1.54, 1.807) is 28.3 Å². The number of aromatic amines is 2. The fourth-order valence-electron chi connectivity index (χ4n) is 3.83. The van der Waals surface area contributed by atoms with Gasteiger partial charge in [-0.15, -0.1) is 0 Å². The summed E-state index contributed by atoms with van der Waals surface area (Å²) in [4.78, 5) is 39.3. The van der Waals surface area contributed by atoms with Crippen LogP contribution in [0.2, 0.25) is 0 Å². The molecule has 1 aliphatic rings. The van der Waals surface area contributed by atoms with Crippen LogP contribution in [0.1, 0.15) is 15.9 Å². The SMILES string of the molecule is O=C(/C=C/c1ccc2[nH]ccc2c1)N1CCN(C(=O)c2ccc3nc[nH]c3c2)CC1. The van der Waals surface area contributed by atoms with Crippen molar-refractivity contribution in [1.82, 2.24) is 24.8 Å². The molecule has 150 valence electrons. The Labute approximate surface area is 173 Å². The van der Waals surface area contributed by atoms with Gasteiger partial charge in [0.15, 0.2) is 0 Å². The molecule has 0 radical (unpaired) electrons. The molecule has 1 fully saturated rings. The number of hydrogen-bond acceptors (Lipinski definition) is 3. The molecule has 0 atom stereocenters. The van der Waals surface area contributed by atoms with E-state index in [0.29, 0.717) is 31.7 Å². The molecule has 0 saturated carbocycles. The van der Waals surface area contributed by atoms with Crippen LogP contribution in [0, 0.1) is 0 Å². The summed E-state index contributed by atoms with van der Waals surface area (Å²) in [5, 5.41) is 1.12. The van der Waals surface area contributed by atoms with Crippen LogP contribution in [0.25, 0.3) is 28.0 Å². The lowest BCUT2D eigenvalue weighted by molar-refractivity contribution is -0.127. The highest BCUT2D eigenvalue weighted by molar-refractivity contribution is 5.98. The van der Waals surface area contributed by atoms with Gasteiger partial charge in [-0.3, -0.25) is 9.59 Å². The van der Waals surface area contributed by atoms with Gasteiger partial charge in [0.1, 0.15) is 0 Å². The summed E-state index contributed by atoms with van der Waals surface area (Å²) in [5.74, 6) is -0.0518. The van der Waals surface area contributed by atoms with Crippen molar-refractivity contribution in [2.75, 3.05) is 26.2 Å². The molecule has 7 heteroatoms. The zero-order valence-electron chi connectivity index (χ0n) is 16.3. The third-order valence-corrected chi connectivity index (χ3v) is 5.54. The average molecular weight is 399 g/mol. The first-order valence-electron chi connectivity index (χ1n) is 9.94. The summed E-state index contributed by atoms with van der Waals surface area (Å²) in [6.45, 7) is 2.10. The monoisotopic (exact) mass is 399 g/mol. The van der Waals surface area contributed by atoms with Crippen molar-refractivity contribution in [1.29, 1.82) is 0 Å². The molecule has 2 N–H and O–H groups in total. The number of rotatable bonds is 3. The van der Waals surface area contributed by atoms with E-state index < -0.39 is 0 Å². The summed E-state index contributed by atoms with van der Waals surface area (Å²) in [7, 11) is 0. The van der Waals surface area contributed by atoms with Crippen LogP contribution in [0.5, 0.6) is 0 Å². The Morgan fingerprint density at radius 3 is 2.60 bits per heavy atom. The normalized spacial score (nSPS) is 14.8. The molecule has 2 aromatic carbocycles. The van der Waals surface area contributed by atoms with Gasteiger partial charge in [0.25, 0.3) is 5.91 Å². The Morgan fingerprint density at radius 1 is 0.900 bits per heavy atom. The zero-order chi connectivity index (χ0) is 20.5. The summed E-state index contributed by atoms with van der Waals surface area (Å²) < 4.78 is 0. The highest BCUT2D eigenvalue weighted by atomic mass is 16.2. The number of nitrogens with zero attached hydrogens (tertiary/aromatic N) is 3. The third kappa shape index (κ3) is 3.45. The van der Waals surface area contributed by atoms with E-state index in [4.69, 9.17) is 0 Å². The Hall–Kier alpha value is -3.87. The zero-order valence-corrected chi connectivity index (χ0v) is 16.3. The van der Waals surface area contributed by atoms with Crippen molar-refractivity contribution < 1.29 is 9.59 Å². The Morgan fingerprint density at radius 2 is 1.73 bits per heavy atom. The lowest BCUT2D eigenvalue weighted by atomic mass is 10.1. The fourth-order valence-corrected chi connectivity index (χ4v) is 3.83.